The molecule has 3 rings (SSSR count). The van der Waals surface area contributed by atoms with Gasteiger partial charge >= 0.3 is 0 Å². The van der Waals surface area contributed by atoms with E-state index in [9.17, 15) is 18.7 Å². The van der Waals surface area contributed by atoms with Crippen molar-refractivity contribution in [3.63, 3.8) is 0 Å². The summed E-state index contributed by atoms with van der Waals surface area (Å²) in [6.07, 6.45) is 1.65. The van der Waals surface area contributed by atoms with E-state index in [0.29, 0.717) is 12.1 Å². The molecule has 2 unspecified atom stereocenters. The molecule has 188 valence electrons. The van der Waals surface area contributed by atoms with Gasteiger partial charge in [-0.05, 0) is 65.3 Å². The van der Waals surface area contributed by atoms with Crippen molar-refractivity contribution in [3.8, 4) is 11.3 Å². The number of nitrogens with one attached hydrogen (secondary N) is 2. The minimum absolute atomic E-state index is 0.0944. The van der Waals surface area contributed by atoms with Crippen LogP contribution in [-0.2, 0) is 24.2 Å². The molecule has 5 nitrogen and oxygen atoms in total. The van der Waals surface area contributed by atoms with Gasteiger partial charge in [0.2, 0.25) is 5.91 Å². The van der Waals surface area contributed by atoms with Gasteiger partial charge in [0, 0.05) is 31.6 Å². The van der Waals surface area contributed by atoms with Gasteiger partial charge < -0.3 is 20.2 Å². The van der Waals surface area contributed by atoms with Gasteiger partial charge in [-0.2, -0.15) is 0 Å². The normalized spacial score (nSPS) is 13.5. The smallest absolute Gasteiger partial charge is 0.217 e. The third-order valence-electron chi connectivity index (χ3n) is 5.63. The van der Waals surface area contributed by atoms with E-state index in [1.807, 2.05) is 18.2 Å². The first-order valence-corrected chi connectivity index (χ1v) is 11.8. The van der Waals surface area contributed by atoms with Crippen molar-refractivity contribution in [3.05, 3.63) is 83.1 Å². The van der Waals surface area contributed by atoms with Crippen molar-refractivity contribution in [2.75, 3.05) is 6.54 Å². The highest BCUT2D eigenvalue weighted by molar-refractivity contribution is 5.73. The number of furan rings is 1. The van der Waals surface area contributed by atoms with E-state index in [0.717, 1.165) is 29.4 Å². The van der Waals surface area contributed by atoms with Gasteiger partial charge in [-0.25, -0.2) is 8.78 Å². The maximum atomic E-state index is 13.6. The Labute approximate surface area is 205 Å². The maximum absolute atomic E-state index is 13.6. The monoisotopic (exact) mass is 484 g/mol. The largest absolute Gasteiger partial charge is 0.464 e. The highest BCUT2D eigenvalue weighted by Gasteiger charge is 2.22. The predicted molar refractivity (Wildman–Crippen MR) is 133 cm³/mol. The van der Waals surface area contributed by atoms with E-state index in [4.69, 9.17) is 4.42 Å². The molecule has 1 amide bonds. The molecule has 2 atom stereocenters. The van der Waals surface area contributed by atoms with Crippen LogP contribution in [0.25, 0.3) is 11.3 Å². The molecule has 0 bridgehead atoms. The molecule has 3 aromatic rings. The number of halogens is 2. The molecule has 3 N–H and O–H groups in total. The lowest BCUT2D eigenvalue weighted by Gasteiger charge is -2.25. The van der Waals surface area contributed by atoms with Crippen LogP contribution >= 0.6 is 0 Å². The molecular formula is C28H34F2N2O3. The third kappa shape index (κ3) is 8.30. The van der Waals surface area contributed by atoms with Gasteiger partial charge in [0.15, 0.2) is 0 Å². The van der Waals surface area contributed by atoms with Gasteiger partial charge in [-0.3, -0.25) is 4.79 Å². The van der Waals surface area contributed by atoms with Crippen molar-refractivity contribution in [2.24, 2.45) is 5.41 Å². The third-order valence-corrected chi connectivity index (χ3v) is 5.63. The number of aliphatic hydroxyl groups is 1. The van der Waals surface area contributed by atoms with E-state index in [1.165, 1.54) is 24.6 Å². The van der Waals surface area contributed by atoms with E-state index < -0.39 is 23.8 Å². The zero-order valence-electron chi connectivity index (χ0n) is 20.7. The number of carbonyl (C=O) groups is 1. The van der Waals surface area contributed by atoms with E-state index in [-0.39, 0.29) is 24.3 Å². The molecule has 0 saturated heterocycles. The van der Waals surface area contributed by atoms with Crippen LogP contribution in [0.5, 0.6) is 0 Å². The Kier molecular flexibility index (Phi) is 8.81. The fourth-order valence-electron chi connectivity index (χ4n) is 4.15. The number of hydrogen-bond acceptors (Lipinski definition) is 4. The molecule has 1 aromatic heterocycles. The number of rotatable bonds is 10. The zero-order valence-corrected chi connectivity index (χ0v) is 20.7. The van der Waals surface area contributed by atoms with Gasteiger partial charge in [-0.1, -0.05) is 32.9 Å². The Morgan fingerprint density at radius 1 is 1.06 bits per heavy atom. The maximum Gasteiger partial charge on any atom is 0.217 e. The molecule has 1 heterocycles. The summed E-state index contributed by atoms with van der Waals surface area (Å²) >= 11 is 0. The van der Waals surface area contributed by atoms with Crippen molar-refractivity contribution >= 4 is 5.91 Å². The first-order chi connectivity index (χ1) is 16.5. The van der Waals surface area contributed by atoms with Crippen LogP contribution in [0.3, 0.4) is 0 Å². The van der Waals surface area contributed by atoms with Crippen molar-refractivity contribution in [1.29, 1.82) is 0 Å². The Morgan fingerprint density at radius 3 is 2.37 bits per heavy atom. The van der Waals surface area contributed by atoms with E-state index >= 15 is 0 Å². The quantitative estimate of drug-likeness (QED) is 0.378. The molecule has 0 radical (unpaired) electrons. The molecule has 0 aliphatic carbocycles. The highest BCUT2D eigenvalue weighted by Crippen LogP contribution is 2.28. The number of carbonyl (C=O) groups excluding carboxylic acids is 1. The highest BCUT2D eigenvalue weighted by atomic mass is 19.1. The van der Waals surface area contributed by atoms with Crippen LogP contribution < -0.4 is 10.6 Å². The van der Waals surface area contributed by atoms with Crippen LogP contribution in [0.15, 0.2) is 59.2 Å². The second kappa shape index (κ2) is 11.6. The van der Waals surface area contributed by atoms with Gasteiger partial charge in [0.05, 0.1) is 18.4 Å². The lowest BCUT2D eigenvalue weighted by atomic mass is 9.85. The van der Waals surface area contributed by atoms with Crippen molar-refractivity contribution in [1.82, 2.24) is 10.6 Å². The lowest BCUT2D eigenvalue weighted by Crippen LogP contribution is -2.48. The Bertz CT molecular complexity index is 1100. The summed E-state index contributed by atoms with van der Waals surface area (Å²) in [4.78, 5) is 11.7. The minimum Gasteiger partial charge on any atom is -0.464 e. The summed E-state index contributed by atoms with van der Waals surface area (Å²) in [5.41, 5.74) is 3.71. The molecular weight excluding hydrogens is 450 g/mol. The topological polar surface area (TPSA) is 74.5 Å². The van der Waals surface area contributed by atoms with Crippen LogP contribution in [0, 0.1) is 17.0 Å². The van der Waals surface area contributed by atoms with E-state index in [2.05, 4.69) is 43.5 Å². The summed E-state index contributed by atoms with van der Waals surface area (Å²) in [5, 5.41) is 16.8. The molecule has 0 aliphatic rings. The predicted octanol–water partition coefficient (Wildman–Crippen LogP) is 5.01. The second-order valence-electron chi connectivity index (χ2n) is 10.2. The average molecular weight is 485 g/mol. The summed E-state index contributed by atoms with van der Waals surface area (Å²) in [6, 6.07) is 12.5. The molecule has 7 heteroatoms. The van der Waals surface area contributed by atoms with Crippen LogP contribution in [0.4, 0.5) is 8.78 Å². The fraction of sp³-hybridized carbons (Fsp3) is 0.393. The number of amides is 1. The number of aliphatic hydroxyl groups excluding tert-OH is 1. The van der Waals surface area contributed by atoms with Crippen molar-refractivity contribution in [2.45, 2.75) is 59.2 Å². The van der Waals surface area contributed by atoms with Crippen molar-refractivity contribution < 1.29 is 23.1 Å². The summed E-state index contributed by atoms with van der Waals surface area (Å²) < 4.78 is 32.8. The molecule has 0 aliphatic heterocycles. The Morgan fingerprint density at radius 2 is 1.77 bits per heavy atom. The van der Waals surface area contributed by atoms with Crippen LogP contribution in [-0.4, -0.2) is 29.7 Å². The molecule has 0 fully saturated rings. The average Bonchev–Trinajstić information content (AvgIpc) is 3.27. The van der Waals surface area contributed by atoms with Gasteiger partial charge in [0.1, 0.15) is 17.4 Å². The molecule has 0 saturated carbocycles. The molecule has 35 heavy (non-hydrogen) atoms. The Balaban J connectivity index is 1.72. The first-order valence-electron chi connectivity index (χ1n) is 11.8. The first kappa shape index (κ1) is 26.6. The fourth-order valence-corrected chi connectivity index (χ4v) is 4.15. The van der Waals surface area contributed by atoms with Gasteiger partial charge in [-0.15, -0.1) is 0 Å². The minimum atomic E-state index is -0.968. The Hall–Kier alpha value is -3.03. The van der Waals surface area contributed by atoms with E-state index in [1.54, 1.807) is 6.26 Å². The second-order valence-corrected chi connectivity index (χ2v) is 10.2. The molecule has 0 spiro atoms. The standard InChI is InChI=1S/C28H34F2N2O3/c1-18(33)32-25(12-19-10-23(29)14-24(30)11-19)26(34)17-31-16-22-13-20(27-6-5-9-35-27)7-8-21(22)15-28(2,3)4/h5-11,13-14,25-26,31,34H,12,15-17H2,1-4H3,(H,32,33). The van der Waals surface area contributed by atoms with Crippen LogP contribution in [0.2, 0.25) is 0 Å². The van der Waals surface area contributed by atoms with Crippen LogP contribution in [0.1, 0.15) is 44.4 Å². The molecule has 2 aromatic carbocycles. The lowest BCUT2D eigenvalue weighted by molar-refractivity contribution is -0.120. The SMILES string of the molecule is CC(=O)NC(Cc1cc(F)cc(F)c1)C(O)CNCc1cc(-c2ccco2)ccc1CC(C)(C)C. The number of hydrogen-bond donors (Lipinski definition) is 3. The summed E-state index contributed by atoms with van der Waals surface area (Å²) in [7, 11) is 0. The van der Waals surface area contributed by atoms with Gasteiger partial charge in [0.25, 0.3) is 0 Å². The number of benzene rings is 2. The summed E-state index contributed by atoms with van der Waals surface area (Å²) in [6.45, 7) is 8.57. The summed E-state index contributed by atoms with van der Waals surface area (Å²) in [5.74, 6) is -0.944. The zero-order chi connectivity index (χ0) is 25.6.